The maximum absolute atomic E-state index is 8.47. The second-order valence-corrected chi connectivity index (χ2v) is 4.45. The first-order chi connectivity index (χ1) is 7.40. The van der Waals surface area contributed by atoms with E-state index in [0.29, 0.717) is 6.42 Å². The van der Waals surface area contributed by atoms with Crippen LogP contribution < -0.4 is 5.32 Å². The molecule has 2 aliphatic heterocycles. The molecule has 0 atom stereocenters. The van der Waals surface area contributed by atoms with E-state index >= 15 is 0 Å². The number of hydrogen-bond acceptors (Lipinski definition) is 4. The van der Waals surface area contributed by atoms with Crippen molar-refractivity contribution in [2.75, 3.05) is 45.8 Å². The van der Waals surface area contributed by atoms with Crippen LogP contribution >= 0.6 is 0 Å². The lowest BCUT2D eigenvalue weighted by atomic mass is 10.1. The highest BCUT2D eigenvalue weighted by molar-refractivity contribution is 4.87. The third kappa shape index (κ3) is 2.91. The predicted molar refractivity (Wildman–Crippen MR) is 59.5 cm³/mol. The summed E-state index contributed by atoms with van der Waals surface area (Å²) in [4.78, 5) is 5.08. The number of rotatable bonds is 4. The van der Waals surface area contributed by atoms with Crippen LogP contribution in [0.1, 0.15) is 12.8 Å². The Morgan fingerprint density at radius 2 is 1.93 bits per heavy atom. The van der Waals surface area contributed by atoms with Gasteiger partial charge in [-0.1, -0.05) is 0 Å². The Morgan fingerprint density at radius 1 is 1.20 bits per heavy atom. The fraction of sp³-hybridized carbons (Fsp3) is 0.909. The Bertz CT molecular complexity index is 223. The zero-order valence-corrected chi connectivity index (χ0v) is 9.28. The maximum atomic E-state index is 8.47. The van der Waals surface area contributed by atoms with Gasteiger partial charge in [0.05, 0.1) is 6.07 Å². The van der Waals surface area contributed by atoms with Crippen molar-refractivity contribution in [2.24, 2.45) is 0 Å². The fourth-order valence-electron chi connectivity index (χ4n) is 2.27. The normalized spacial score (nSPS) is 24.7. The van der Waals surface area contributed by atoms with Crippen molar-refractivity contribution < 1.29 is 0 Å². The smallest absolute Gasteiger partial charge is 0.0622 e. The van der Waals surface area contributed by atoms with Crippen LogP contribution in [0.15, 0.2) is 0 Å². The highest BCUT2D eigenvalue weighted by Crippen LogP contribution is 2.09. The van der Waals surface area contributed by atoms with E-state index < -0.39 is 0 Å². The molecule has 0 aromatic rings. The average molecular weight is 208 g/mol. The summed E-state index contributed by atoms with van der Waals surface area (Å²) < 4.78 is 0. The predicted octanol–water partition coefficient (Wildman–Crippen LogP) is -0.120. The largest absolute Gasteiger partial charge is 0.314 e. The molecule has 2 rings (SSSR count). The molecular formula is C11H20N4. The molecule has 0 aliphatic carbocycles. The lowest BCUT2D eigenvalue weighted by molar-refractivity contribution is 0.0726. The third-order valence-electron chi connectivity index (χ3n) is 3.45. The second kappa shape index (κ2) is 5.45. The van der Waals surface area contributed by atoms with Gasteiger partial charge >= 0.3 is 0 Å². The molecule has 0 aromatic heterocycles. The van der Waals surface area contributed by atoms with Gasteiger partial charge in [-0.15, -0.1) is 0 Å². The van der Waals surface area contributed by atoms with Crippen molar-refractivity contribution in [1.82, 2.24) is 15.1 Å². The zero-order chi connectivity index (χ0) is 10.5. The van der Waals surface area contributed by atoms with Crippen LogP contribution in [-0.2, 0) is 0 Å². The van der Waals surface area contributed by atoms with E-state index in [2.05, 4.69) is 21.2 Å². The first kappa shape index (κ1) is 10.9. The average Bonchev–Trinajstić information content (AvgIpc) is 2.18. The molecule has 0 aromatic carbocycles. The van der Waals surface area contributed by atoms with Crippen LogP contribution in [0.4, 0.5) is 0 Å². The minimum Gasteiger partial charge on any atom is -0.314 e. The molecule has 0 spiro atoms. The SMILES string of the molecule is N#CCCCN1CCN(C2CNC2)CC1. The molecular weight excluding hydrogens is 188 g/mol. The fourth-order valence-corrected chi connectivity index (χ4v) is 2.27. The maximum Gasteiger partial charge on any atom is 0.0622 e. The van der Waals surface area contributed by atoms with Gasteiger partial charge in [0.15, 0.2) is 0 Å². The van der Waals surface area contributed by atoms with E-state index in [0.717, 1.165) is 19.0 Å². The quantitative estimate of drug-likeness (QED) is 0.654. The summed E-state index contributed by atoms with van der Waals surface area (Å²) in [6.45, 7) is 8.23. The van der Waals surface area contributed by atoms with Gasteiger partial charge < -0.3 is 10.2 Å². The van der Waals surface area contributed by atoms with Crippen molar-refractivity contribution in [2.45, 2.75) is 18.9 Å². The molecule has 0 amide bonds. The standard InChI is InChI=1S/C11H20N4/c12-3-1-2-4-14-5-7-15(8-6-14)11-9-13-10-11/h11,13H,1-2,4-10H2. The van der Waals surface area contributed by atoms with E-state index in [1.165, 1.54) is 39.3 Å². The third-order valence-corrected chi connectivity index (χ3v) is 3.45. The van der Waals surface area contributed by atoms with E-state index in [4.69, 9.17) is 5.26 Å². The van der Waals surface area contributed by atoms with E-state index in [-0.39, 0.29) is 0 Å². The molecule has 15 heavy (non-hydrogen) atoms. The van der Waals surface area contributed by atoms with Crippen LogP contribution in [0.5, 0.6) is 0 Å². The van der Waals surface area contributed by atoms with Crippen LogP contribution in [0, 0.1) is 11.3 Å². The van der Waals surface area contributed by atoms with Gasteiger partial charge in [0.2, 0.25) is 0 Å². The molecule has 0 radical (unpaired) electrons. The topological polar surface area (TPSA) is 42.3 Å². The van der Waals surface area contributed by atoms with Gasteiger partial charge in [-0.2, -0.15) is 5.26 Å². The minimum atomic E-state index is 0.701. The van der Waals surface area contributed by atoms with Crippen molar-refractivity contribution in [3.63, 3.8) is 0 Å². The number of nitriles is 1. The number of unbranched alkanes of at least 4 members (excludes halogenated alkanes) is 1. The van der Waals surface area contributed by atoms with Gasteiger partial charge in [-0.25, -0.2) is 0 Å². The van der Waals surface area contributed by atoms with Crippen molar-refractivity contribution in [1.29, 1.82) is 5.26 Å². The summed E-state index contributed by atoms with van der Waals surface area (Å²) in [6, 6.07) is 3.00. The molecule has 2 saturated heterocycles. The summed E-state index contributed by atoms with van der Waals surface area (Å²) in [7, 11) is 0. The van der Waals surface area contributed by atoms with Gasteiger partial charge in [0.25, 0.3) is 0 Å². The summed E-state index contributed by atoms with van der Waals surface area (Å²) >= 11 is 0. The molecule has 2 heterocycles. The molecule has 1 N–H and O–H groups in total. The van der Waals surface area contributed by atoms with Gasteiger partial charge in [0.1, 0.15) is 0 Å². The lowest BCUT2D eigenvalue weighted by Crippen LogP contribution is -2.61. The molecule has 84 valence electrons. The molecule has 2 fully saturated rings. The van der Waals surface area contributed by atoms with Crippen molar-refractivity contribution >= 4 is 0 Å². The van der Waals surface area contributed by atoms with E-state index in [1.807, 2.05) is 0 Å². The Labute approximate surface area is 91.8 Å². The molecule has 4 heteroatoms. The lowest BCUT2D eigenvalue weighted by Gasteiger charge is -2.43. The van der Waals surface area contributed by atoms with Crippen LogP contribution in [0.2, 0.25) is 0 Å². The number of piperazine rings is 1. The molecule has 2 aliphatic rings. The Balaban J connectivity index is 1.61. The highest BCUT2D eigenvalue weighted by Gasteiger charge is 2.27. The minimum absolute atomic E-state index is 0.701. The second-order valence-electron chi connectivity index (χ2n) is 4.45. The van der Waals surface area contributed by atoms with Gasteiger partial charge in [-0.05, 0) is 13.0 Å². The Morgan fingerprint density at radius 3 is 2.47 bits per heavy atom. The van der Waals surface area contributed by atoms with Crippen LogP contribution in [0.25, 0.3) is 0 Å². The summed E-state index contributed by atoms with van der Waals surface area (Å²) in [5, 5.41) is 11.8. The molecule has 0 unspecified atom stereocenters. The Kier molecular flexibility index (Phi) is 3.95. The van der Waals surface area contributed by atoms with Gasteiger partial charge in [0, 0.05) is 51.7 Å². The summed E-state index contributed by atoms with van der Waals surface area (Å²) in [6.07, 6.45) is 1.73. The van der Waals surface area contributed by atoms with Crippen LogP contribution in [0.3, 0.4) is 0 Å². The number of nitrogens with zero attached hydrogens (tertiary/aromatic N) is 3. The van der Waals surface area contributed by atoms with Crippen molar-refractivity contribution in [3.8, 4) is 6.07 Å². The van der Waals surface area contributed by atoms with Crippen molar-refractivity contribution in [3.05, 3.63) is 0 Å². The van der Waals surface area contributed by atoms with Gasteiger partial charge in [-0.3, -0.25) is 4.90 Å². The zero-order valence-electron chi connectivity index (χ0n) is 9.28. The number of nitrogens with one attached hydrogen (secondary N) is 1. The number of hydrogen-bond donors (Lipinski definition) is 1. The first-order valence-corrected chi connectivity index (χ1v) is 5.94. The molecule has 0 bridgehead atoms. The molecule has 4 nitrogen and oxygen atoms in total. The summed E-state index contributed by atoms with van der Waals surface area (Å²) in [5.41, 5.74) is 0. The Hall–Kier alpha value is -0.630. The molecule has 0 saturated carbocycles. The van der Waals surface area contributed by atoms with Crippen LogP contribution in [-0.4, -0.2) is 61.7 Å². The first-order valence-electron chi connectivity index (χ1n) is 5.94. The summed E-state index contributed by atoms with van der Waals surface area (Å²) in [5.74, 6) is 0. The van der Waals surface area contributed by atoms with E-state index in [9.17, 15) is 0 Å². The highest BCUT2D eigenvalue weighted by atomic mass is 15.3. The monoisotopic (exact) mass is 208 g/mol. The van der Waals surface area contributed by atoms with E-state index in [1.54, 1.807) is 0 Å².